The Bertz CT molecular complexity index is 580. The quantitative estimate of drug-likeness (QED) is 0.645. The molecule has 1 aliphatic carbocycles. The third kappa shape index (κ3) is 4.30. The second-order valence-electron chi connectivity index (χ2n) is 7.14. The van der Waals surface area contributed by atoms with Gasteiger partial charge in [-0.25, -0.2) is 0 Å². The first-order valence-corrected chi connectivity index (χ1v) is 8.53. The van der Waals surface area contributed by atoms with Crippen molar-refractivity contribution in [2.45, 2.75) is 39.5 Å². The zero-order valence-electron chi connectivity index (χ0n) is 14.1. The Morgan fingerprint density at radius 3 is 2.70 bits per heavy atom. The number of nitrogens with one attached hydrogen (secondary N) is 1. The standard InChI is InChI=1S/C18H27N3O2/c1-13(2)11-18(6-7-18)12-20-17(19)21-14-4-5-15-16(10-14)23-9-3-8-22-15/h4-5,10,13H,3,6-9,11-12H2,1-2H3,(H3,19,20,21). The zero-order valence-corrected chi connectivity index (χ0v) is 14.1. The summed E-state index contributed by atoms with van der Waals surface area (Å²) in [5.74, 6) is 2.73. The number of benzene rings is 1. The fourth-order valence-electron chi connectivity index (χ4n) is 3.15. The van der Waals surface area contributed by atoms with Gasteiger partial charge in [0, 0.05) is 24.7 Å². The summed E-state index contributed by atoms with van der Waals surface area (Å²) in [6.45, 7) is 6.72. The van der Waals surface area contributed by atoms with Gasteiger partial charge < -0.3 is 20.5 Å². The highest BCUT2D eigenvalue weighted by atomic mass is 16.5. The van der Waals surface area contributed by atoms with Gasteiger partial charge in [-0.15, -0.1) is 0 Å². The molecule has 0 amide bonds. The normalized spacial score (nSPS) is 19.3. The van der Waals surface area contributed by atoms with Crippen molar-refractivity contribution in [3.63, 3.8) is 0 Å². The van der Waals surface area contributed by atoms with Crippen molar-refractivity contribution in [2.75, 3.05) is 25.1 Å². The molecule has 1 heterocycles. The van der Waals surface area contributed by atoms with E-state index in [1.165, 1.54) is 19.3 Å². The van der Waals surface area contributed by atoms with Crippen LogP contribution in [-0.2, 0) is 0 Å². The molecular weight excluding hydrogens is 290 g/mol. The average Bonchev–Trinajstić information content (AvgIpc) is 3.28. The van der Waals surface area contributed by atoms with Gasteiger partial charge in [-0.1, -0.05) is 13.8 Å². The maximum absolute atomic E-state index is 6.05. The van der Waals surface area contributed by atoms with Crippen LogP contribution in [0.25, 0.3) is 0 Å². The van der Waals surface area contributed by atoms with E-state index < -0.39 is 0 Å². The number of hydrogen-bond acceptors (Lipinski definition) is 3. The van der Waals surface area contributed by atoms with E-state index in [1.807, 2.05) is 18.2 Å². The first kappa shape index (κ1) is 16.0. The minimum Gasteiger partial charge on any atom is -0.490 e. The number of hydrogen-bond donors (Lipinski definition) is 2. The van der Waals surface area contributed by atoms with Gasteiger partial charge in [0.05, 0.1) is 13.2 Å². The van der Waals surface area contributed by atoms with Crippen LogP contribution < -0.4 is 20.5 Å². The van der Waals surface area contributed by atoms with Crippen LogP contribution in [0.15, 0.2) is 23.2 Å². The number of nitrogens with zero attached hydrogens (tertiary/aromatic N) is 1. The second kappa shape index (κ2) is 6.69. The highest BCUT2D eigenvalue weighted by Crippen LogP contribution is 2.50. The molecule has 0 atom stereocenters. The van der Waals surface area contributed by atoms with Crippen molar-refractivity contribution in [2.24, 2.45) is 22.1 Å². The van der Waals surface area contributed by atoms with E-state index in [9.17, 15) is 0 Å². The van der Waals surface area contributed by atoms with Crippen LogP contribution in [0, 0.1) is 11.3 Å². The fraction of sp³-hybridized carbons (Fsp3) is 0.611. The second-order valence-corrected chi connectivity index (χ2v) is 7.14. The van der Waals surface area contributed by atoms with E-state index in [2.05, 4.69) is 24.2 Å². The third-order valence-electron chi connectivity index (χ3n) is 4.40. The third-order valence-corrected chi connectivity index (χ3v) is 4.40. The number of guanidine groups is 1. The first-order chi connectivity index (χ1) is 11.1. The number of rotatable bonds is 5. The molecule has 0 radical (unpaired) electrons. The Hall–Kier alpha value is -1.91. The Balaban J connectivity index is 1.60. The first-order valence-electron chi connectivity index (χ1n) is 8.53. The van der Waals surface area contributed by atoms with Crippen LogP contribution in [0.2, 0.25) is 0 Å². The molecule has 1 aromatic carbocycles. The fourth-order valence-corrected chi connectivity index (χ4v) is 3.15. The minimum absolute atomic E-state index is 0.394. The smallest absolute Gasteiger partial charge is 0.193 e. The Kier molecular flexibility index (Phi) is 4.64. The van der Waals surface area contributed by atoms with Crippen molar-refractivity contribution in [3.8, 4) is 11.5 Å². The zero-order chi connectivity index (χ0) is 16.3. The number of nitrogens with two attached hydrogens (primary N) is 1. The van der Waals surface area contributed by atoms with Crippen molar-refractivity contribution >= 4 is 11.6 Å². The van der Waals surface area contributed by atoms with Gasteiger partial charge in [0.2, 0.25) is 0 Å². The molecule has 0 saturated heterocycles. The number of aliphatic imine (C=N–C) groups is 1. The Morgan fingerprint density at radius 1 is 1.26 bits per heavy atom. The highest BCUT2D eigenvalue weighted by Gasteiger charge is 2.42. The predicted octanol–water partition coefficient (Wildman–Crippen LogP) is 3.40. The van der Waals surface area contributed by atoms with Gasteiger partial charge in [0.25, 0.3) is 0 Å². The summed E-state index contributed by atoms with van der Waals surface area (Å²) in [5.41, 5.74) is 7.32. The number of ether oxygens (including phenoxy) is 2. The molecule has 1 aliphatic heterocycles. The molecule has 2 aliphatic rings. The van der Waals surface area contributed by atoms with E-state index in [-0.39, 0.29) is 0 Å². The Labute approximate surface area is 138 Å². The van der Waals surface area contributed by atoms with Gasteiger partial charge in [-0.05, 0) is 42.7 Å². The van der Waals surface area contributed by atoms with Crippen molar-refractivity contribution in [1.29, 1.82) is 0 Å². The van der Waals surface area contributed by atoms with Crippen LogP contribution in [0.1, 0.15) is 39.5 Å². The summed E-state index contributed by atoms with van der Waals surface area (Å²) in [6.07, 6.45) is 4.67. The molecule has 0 aromatic heterocycles. The molecule has 1 aromatic rings. The van der Waals surface area contributed by atoms with Crippen molar-refractivity contribution < 1.29 is 9.47 Å². The molecule has 23 heavy (non-hydrogen) atoms. The summed E-state index contributed by atoms with van der Waals surface area (Å²) in [4.78, 5) is 4.55. The highest BCUT2D eigenvalue weighted by molar-refractivity contribution is 5.92. The van der Waals surface area contributed by atoms with Gasteiger partial charge in [0.1, 0.15) is 0 Å². The monoisotopic (exact) mass is 317 g/mol. The van der Waals surface area contributed by atoms with E-state index in [0.29, 0.717) is 30.5 Å². The lowest BCUT2D eigenvalue weighted by atomic mass is 9.94. The summed E-state index contributed by atoms with van der Waals surface area (Å²) in [6, 6.07) is 5.78. The van der Waals surface area contributed by atoms with Crippen LogP contribution in [0.4, 0.5) is 5.69 Å². The molecule has 0 spiro atoms. The van der Waals surface area contributed by atoms with Gasteiger partial charge in [0.15, 0.2) is 17.5 Å². The van der Waals surface area contributed by atoms with Gasteiger partial charge >= 0.3 is 0 Å². The van der Waals surface area contributed by atoms with Crippen LogP contribution in [-0.4, -0.2) is 25.7 Å². The topological polar surface area (TPSA) is 68.9 Å². The average molecular weight is 317 g/mol. The van der Waals surface area contributed by atoms with Crippen molar-refractivity contribution in [1.82, 2.24) is 0 Å². The van der Waals surface area contributed by atoms with E-state index in [0.717, 1.165) is 30.2 Å². The molecule has 0 unspecified atom stereocenters. The van der Waals surface area contributed by atoms with Gasteiger partial charge in [-0.2, -0.15) is 0 Å². The molecule has 1 fully saturated rings. The molecule has 5 heteroatoms. The van der Waals surface area contributed by atoms with E-state index in [4.69, 9.17) is 15.2 Å². The maximum Gasteiger partial charge on any atom is 0.193 e. The van der Waals surface area contributed by atoms with E-state index in [1.54, 1.807) is 0 Å². The lowest BCUT2D eigenvalue weighted by Crippen LogP contribution is -2.24. The molecule has 3 N–H and O–H groups in total. The minimum atomic E-state index is 0.394. The molecular formula is C18H27N3O2. The number of anilines is 1. The lowest BCUT2D eigenvalue weighted by Gasteiger charge is -2.16. The number of fused-ring (bicyclic) bond motifs is 1. The van der Waals surface area contributed by atoms with Crippen LogP contribution in [0.3, 0.4) is 0 Å². The SMILES string of the molecule is CC(C)CC1(CN=C(N)Nc2ccc3c(c2)OCCCO3)CC1. The molecule has 5 nitrogen and oxygen atoms in total. The predicted molar refractivity (Wildman–Crippen MR) is 93.3 cm³/mol. The van der Waals surface area contributed by atoms with E-state index >= 15 is 0 Å². The Morgan fingerprint density at radius 2 is 2.00 bits per heavy atom. The molecule has 3 rings (SSSR count). The maximum atomic E-state index is 6.05. The largest absolute Gasteiger partial charge is 0.490 e. The molecule has 1 saturated carbocycles. The van der Waals surface area contributed by atoms with Gasteiger partial charge in [-0.3, -0.25) is 4.99 Å². The summed E-state index contributed by atoms with van der Waals surface area (Å²) in [5, 5.41) is 3.16. The summed E-state index contributed by atoms with van der Waals surface area (Å²) >= 11 is 0. The lowest BCUT2D eigenvalue weighted by molar-refractivity contribution is 0.297. The molecule has 126 valence electrons. The summed E-state index contributed by atoms with van der Waals surface area (Å²) in [7, 11) is 0. The van der Waals surface area contributed by atoms with Crippen LogP contribution >= 0.6 is 0 Å². The van der Waals surface area contributed by atoms with Crippen LogP contribution in [0.5, 0.6) is 11.5 Å². The summed E-state index contributed by atoms with van der Waals surface area (Å²) < 4.78 is 11.3. The molecule has 0 bridgehead atoms. The van der Waals surface area contributed by atoms with Crippen molar-refractivity contribution in [3.05, 3.63) is 18.2 Å².